The van der Waals surface area contributed by atoms with E-state index in [1.165, 1.54) is 105 Å². The SMILES string of the molecule is CCCCCCCCOc1c2cc3sc(C)cc3cc2c(OCCCCCCCC)c2sc(C)cc12. The van der Waals surface area contributed by atoms with Crippen LogP contribution in [0.4, 0.5) is 0 Å². The second-order valence-corrected chi connectivity index (χ2v) is 12.8. The number of unbranched alkanes of at least 4 members (excludes halogenated alkanes) is 10. The summed E-state index contributed by atoms with van der Waals surface area (Å²) in [7, 11) is 0. The molecule has 0 saturated carbocycles. The van der Waals surface area contributed by atoms with Gasteiger partial charge in [0, 0.05) is 30.6 Å². The summed E-state index contributed by atoms with van der Waals surface area (Å²) in [5, 5.41) is 4.95. The number of ether oxygens (including phenoxy) is 2. The molecular weight excluding hydrogens is 480 g/mol. The predicted octanol–water partition coefficient (Wildman–Crippen LogP) is 11.4. The van der Waals surface area contributed by atoms with E-state index in [1.54, 1.807) is 0 Å². The van der Waals surface area contributed by atoms with Gasteiger partial charge in [0.1, 0.15) is 11.5 Å². The third kappa shape index (κ3) is 6.75. The van der Waals surface area contributed by atoms with E-state index in [2.05, 4.69) is 52.0 Å². The Bertz CT molecular complexity index is 1160. The van der Waals surface area contributed by atoms with Crippen LogP contribution in [0.25, 0.3) is 30.9 Å². The predicted molar refractivity (Wildman–Crippen MR) is 162 cm³/mol. The van der Waals surface area contributed by atoms with Crippen molar-refractivity contribution in [3.05, 3.63) is 34.0 Å². The van der Waals surface area contributed by atoms with Gasteiger partial charge < -0.3 is 9.47 Å². The van der Waals surface area contributed by atoms with Gasteiger partial charge in [-0.3, -0.25) is 0 Å². The molecule has 2 nitrogen and oxygen atoms in total. The number of thiophene rings is 2. The van der Waals surface area contributed by atoms with Gasteiger partial charge >= 0.3 is 0 Å². The molecule has 0 aliphatic rings. The van der Waals surface area contributed by atoms with Crippen molar-refractivity contribution in [3.8, 4) is 11.5 Å². The summed E-state index contributed by atoms with van der Waals surface area (Å²) in [5.74, 6) is 2.11. The van der Waals surface area contributed by atoms with Gasteiger partial charge in [0.2, 0.25) is 0 Å². The number of benzene rings is 2. The van der Waals surface area contributed by atoms with Gasteiger partial charge in [0.05, 0.1) is 17.9 Å². The van der Waals surface area contributed by atoms with Crippen LogP contribution in [-0.2, 0) is 0 Å². The molecule has 36 heavy (non-hydrogen) atoms. The van der Waals surface area contributed by atoms with Crippen LogP contribution in [0.1, 0.15) is 101 Å². The van der Waals surface area contributed by atoms with Crippen LogP contribution >= 0.6 is 22.7 Å². The highest BCUT2D eigenvalue weighted by molar-refractivity contribution is 7.19. The molecule has 4 heteroatoms. The first-order valence-electron chi connectivity index (χ1n) is 14.3. The fourth-order valence-corrected chi connectivity index (χ4v) is 7.09. The molecule has 0 amide bonds. The zero-order valence-corrected chi connectivity index (χ0v) is 24.5. The lowest BCUT2D eigenvalue weighted by Gasteiger charge is -2.16. The molecule has 2 aromatic heterocycles. The Morgan fingerprint density at radius 2 is 1.11 bits per heavy atom. The molecule has 0 bridgehead atoms. The molecule has 0 fully saturated rings. The molecule has 0 aliphatic heterocycles. The maximum absolute atomic E-state index is 6.60. The summed E-state index contributed by atoms with van der Waals surface area (Å²) < 4.78 is 15.8. The van der Waals surface area contributed by atoms with Crippen LogP contribution in [-0.4, -0.2) is 13.2 Å². The van der Waals surface area contributed by atoms with E-state index >= 15 is 0 Å². The fraction of sp³-hybridized carbons (Fsp3) is 0.562. The number of rotatable bonds is 16. The first-order chi connectivity index (χ1) is 17.6. The van der Waals surface area contributed by atoms with Crippen molar-refractivity contribution < 1.29 is 9.47 Å². The van der Waals surface area contributed by atoms with Crippen molar-refractivity contribution in [3.63, 3.8) is 0 Å². The third-order valence-corrected chi connectivity index (χ3v) is 9.13. The van der Waals surface area contributed by atoms with E-state index < -0.39 is 0 Å². The second-order valence-electron chi connectivity index (χ2n) is 10.3. The Balaban J connectivity index is 1.62. The third-order valence-electron chi connectivity index (χ3n) is 7.06. The largest absolute Gasteiger partial charge is 0.492 e. The fourth-order valence-electron chi connectivity index (χ4n) is 5.13. The zero-order valence-electron chi connectivity index (χ0n) is 22.8. The first-order valence-corrected chi connectivity index (χ1v) is 15.9. The van der Waals surface area contributed by atoms with Crippen molar-refractivity contribution in [1.82, 2.24) is 0 Å². The topological polar surface area (TPSA) is 18.5 Å². The van der Waals surface area contributed by atoms with Crippen LogP contribution in [0, 0.1) is 13.8 Å². The lowest BCUT2D eigenvalue weighted by Crippen LogP contribution is -2.01. The van der Waals surface area contributed by atoms with Crippen molar-refractivity contribution in [2.45, 2.75) is 105 Å². The summed E-state index contributed by atoms with van der Waals surface area (Å²) >= 11 is 3.71. The standard InChI is InChI=1S/C32H44O2S2/c1-5-7-9-11-13-15-17-33-30-27-22-29-25(19-23(3)35-29)21-26(27)31(32-28(30)20-24(4)36-32)34-18-16-14-12-10-8-6-2/h19-22H,5-18H2,1-4H3. The van der Waals surface area contributed by atoms with E-state index in [1.807, 2.05) is 22.7 Å². The molecule has 0 unspecified atom stereocenters. The van der Waals surface area contributed by atoms with Crippen LogP contribution in [0.15, 0.2) is 24.3 Å². The molecule has 4 rings (SSSR count). The van der Waals surface area contributed by atoms with Crippen molar-refractivity contribution in [2.24, 2.45) is 0 Å². The average molecular weight is 525 g/mol. The summed E-state index contributed by atoms with van der Waals surface area (Å²) in [6.45, 7) is 10.5. The van der Waals surface area contributed by atoms with Crippen molar-refractivity contribution in [2.75, 3.05) is 13.2 Å². The summed E-state index contributed by atoms with van der Waals surface area (Å²) in [6.07, 6.45) is 15.3. The van der Waals surface area contributed by atoms with Gasteiger partial charge in [-0.2, -0.15) is 0 Å². The minimum absolute atomic E-state index is 0.782. The van der Waals surface area contributed by atoms with Crippen molar-refractivity contribution >= 4 is 53.6 Å². The van der Waals surface area contributed by atoms with E-state index in [9.17, 15) is 0 Å². The molecule has 0 N–H and O–H groups in total. The Labute approximate surface area is 226 Å². The quantitative estimate of drug-likeness (QED) is 0.136. The van der Waals surface area contributed by atoms with Gasteiger partial charge in [-0.05, 0) is 56.3 Å². The molecule has 4 aromatic rings. The highest BCUT2D eigenvalue weighted by Gasteiger charge is 2.20. The van der Waals surface area contributed by atoms with Crippen LogP contribution in [0.5, 0.6) is 11.5 Å². The minimum Gasteiger partial charge on any atom is -0.492 e. The molecule has 0 atom stereocenters. The summed E-state index contributed by atoms with van der Waals surface area (Å²) in [4.78, 5) is 2.66. The maximum atomic E-state index is 6.60. The van der Waals surface area contributed by atoms with E-state index in [-0.39, 0.29) is 0 Å². The average Bonchev–Trinajstić information content (AvgIpc) is 3.43. The van der Waals surface area contributed by atoms with E-state index in [0.717, 1.165) is 37.6 Å². The Hall–Kier alpha value is -1.78. The minimum atomic E-state index is 0.782. The summed E-state index contributed by atoms with van der Waals surface area (Å²) in [6, 6.07) is 9.30. The number of aryl methyl sites for hydroxylation is 2. The highest BCUT2D eigenvalue weighted by Crippen LogP contribution is 2.48. The molecular formula is C32H44O2S2. The Morgan fingerprint density at radius 1 is 0.556 bits per heavy atom. The maximum Gasteiger partial charge on any atom is 0.145 e. The molecule has 0 aliphatic carbocycles. The lowest BCUT2D eigenvalue weighted by molar-refractivity contribution is 0.306. The molecule has 2 aromatic carbocycles. The first kappa shape index (κ1) is 27.3. The van der Waals surface area contributed by atoms with Crippen LogP contribution in [0.2, 0.25) is 0 Å². The van der Waals surface area contributed by atoms with E-state index in [4.69, 9.17) is 9.47 Å². The van der Waals surface area contributed by atoms with E-state index in [0.29, 0.717) is 0 Å². The molecule has 196 valence electrons. The Kier molecular flexibility index (Phi) is 10.4. The van der Waals surface area contributed by atoms with Crippen LogP contribution < -0.4 is 9.47 Å². The monoisotopic (exact) mass is 524 g/mol. The Morgan fingerprint density at radius 3 is 1.78 bits per heavy atom. The van der Waals surface area contributed by atoms with Gasteiger partial charge in [-0.1, -0.05) is 78.1 Å². The molecule has 2 heterocycles. The number of hydrogen-bond acceptors (Lipinski definition) is 4. The van der Waals surface area contributed by atoms with Crippen LogP contribution in [0.3, 0.4) is 0 Å². The van der Waals surface area contributed by atoms with Gasteiger partial charge in [0.15, 0.2) is 0 Å². The normalized spacial score (nSPS) is 11.8. The number of fused-ring (bicyclic) bond motifs is 3. The summed E-state index contributed by atoms with van der Waals surface area (Å²) in [5.41, 5.74) is 0. The van der Waals surface area contributed by atoms with Gasteiger partial charge in [0.25, 0.3) is 0 Å². The van der Waals surface area contributed by atoms with Gasteiger partial charge in [-0.25, -0.2) is 0 Å². The smallest absolute Gasteiger partial charge is 0.145 e. The zero-order chi connectivity index (χ0) is 25.3. The second kappa shape index (κ2) is 13.7. The number of hydrogen-bond donors (Lipinski definition) is 0. The molecule has 0 radical (unpaired) electrons. The highest BCUT2D eigenvalue weighted by atomic mass is 32.1. The van der Waals surface area contributed by atoms with Gasteiger partial charge in [-0.15, -0.1) is 22.7 Å². The molecule has 0 saturated heterocycles. The molecule has 0 spiro atoms. The lowest BCUT2D eigenvalue weighted by atomic mass is 10.0. The van der Waals surface area contributed by atoms with Crippen molar-refractivity contribution in [1.29, 1.82) is 0 Å².